The van der Waals surface area contributed by atoms with Crippen LogP contribution in [0.25, 0.3) is 0 Å². The highest BCUT2D eigenvalue weighted by molar-refractivity contribution is 7.99. The zero-order valence-corrected chi connectivity index (χ0v) is 21.4. The molecule has 4 atom stereocenters. The number of aliphatic hydroxyl groups excluding tert-OH is 1. The SMILES string of the molecule is CC(=O)O[C@@H](C)C(=O)Nc1cccc([C@@H]2O[C@H](CSc3ncccn3)C[C@H](c3ccc(CO)cc3)O2)c1. The second-order valence-corrected chi connectivity index (χ2v) is 9.55. The van der Waals surface area contributed by atoms with Gasteiger partial charge in [-0.2, -0.15) is 0 Å². The quantitative estimate of drug-likeness (QED) is 0.242. The molecule has 0 bridgehead atoms. The van der Waals surface area contributed by atoms with Gasteiger partial charge in [0, 0.05) is 42.7 Å². The number of carbonyl (C=O) groups is 2. The van der Waals surface area contributed by atoms with Gasteiger partial charge in [0.05, 0.1) is 18.8 Å². The molecule has 0 radical (unpaired) electrons. The van der Waals surface area contributed by atoms with E-state index in [0.717, 1.165) is 16.7 Å². The van der Waals surface area contributed by atoms with E-state index in [9.17, 15) is 14.7 Å². The maximum absolute atomic E-state index is 12.4. The second-order valence-electron chi connectivity index (χ2n) is 8.56. The predicted octanol–water partition coefficient (Wildman–Crippen LogP) is 4.20. The molecule has 0 saturated carbocycles. The number of hydrogen-bond acceptors (Lipinski definition) is 9. The summed E-state index contributed by atoms with van der Waals surface area (Å²) in [6.07, 6.45) is 2.05. The number of carbonyl (C=O) groups excluding carboxylic acids is 2. The lowest BCUT2D eigenvalue weighted by molar-refractivity contribution is -0.245. The Morgan fingerprint density at radius 1 is 1.11 bits per heavy atom. The van der Waals surface area contributed by atoms with Crippen LogP contribution in [0.1, 0.15) is 49.4 Å². The van der Waals surface area contributed by atoms with E-state index in [1.807, 2.05) is 30.3 Å². The Morgan fingerprint density at radius 2 is 1.86 bits per heavy atom. The van der Waals surface area contributed by atoms with Crippen molar-refractivity contribution in [2.24, 2.45) is 0 Å². The molecule has 4 rings (SSSR count). The number of amides is 1. The van der Waals surface area contributed by atoms with Gasteiger partial charge in [-0.05, 0) is 36.2 Å². The van der Waals surface area contributed by atoms with Gasteiger partial charge in [-0.25, -0.2) is 9.97 Å². The first-order chi connectivity index (χ1) is 17.9. The maximum Gasteiger partial charge on any atom is 0.303 e. The molecule has 1 amide bonds. The van der Waals surface area contributed by atoms with Crippen molar-refractivity contribution in [1.29, 1.82) is 0 Å². The molecule has 0 unspecified atom stereocenters. The standard InChI is InChI=1S/C27H29N3O6S/c1-17(34-18(2)32)25(33)30-22-6-3-5-21(13-22)26-35-23(16-37-27-28-11-4-12-29-27)14-24(36-26)20-9-7-19(15-31)8-10-20/h3-13,17,23-24,26,31H,14-16H2,1-2H3,(H,30,33)/t17-,23-,24+,26+/m0/s1. The molecular formula is C27H29N3O6S. The fourth-order valence-corrected chi connectivity index (χ4v) is 4.68. The topological polar surface area (TPSA) is 120 Å². The average molecular weight is 524 g/mol. The Balaban J connectivity index is 1.51. The van der Waals surface area contributed by atoms with Crippen molar-refractivity contribution >= 4 is 29.3 Å². The third kappa shape index (κ3) is 7.59. The van der Waals surface area contributed by atoms with E-state index in [4.69, 9.17) is 14.2 Å². The van der Waals surface area contributed by atoms with Gasteiger partial charge in [0.1, 0.15) is 0 Å². The van der Waals surface area contributed by atoms with Crippen molar-refractivity contribution in [1.82, 2.24) is 9.97 Å². The Kier molecular flexibility index (Phi) is 9.24. The Labute approximate surface area is 219 Å². The summed E-state index contributed by atoms with van der Waals surface area (Å²) in [5, 5.41) is 12.8. The molecule has 1 aromatic heterocycles. The number of esters is 1. The molecular weight excluding hydrogens is 494 g/mol. The third-order valence-electron chi connectivity index (χ3n) is 5.69. The highest BCUT2D eigenvalue weighted by Crippen LogP contribution is 2.39. The van der Waals surface area contributed by atoms with E-state index < -0.39 is 24.3 Å². The molecule has 1 aliphatic heterocycles. The van der Waals surface area contributed by atoms with Crippen LogP contribution < -0.4 is 5.32 Å². The van der Waals surface area contributed by atoms with Crippen LogP contribution in [0.4, 0.5) is 5.69 Å². The van der Waals surface area contributed by atoms with Crippen molar-refractivity contribution in [2.45, 2.75) is 56.6 Å². The van der Waals surface area contributed by atoms with Crippen LogP contribution in [0.15, 0.2) is 72.1 Å². The molecule has 194 valence electrons. The zero-order chi connectivity index (χ0) is 26.2. The fourth-order valence-electron chi connectivity index (χ4n) is 3.86. The predicted molar refractivity (Wildman–Crippen MR) is 137 cm³/mol. The molecule has 3 aromatic rings. The van der Waals surface area contributed by atoms with E-state index in [2.05, 4.69) is 15.3 Å². The van der Waals surface area contributed by atoms with Crippen molar-refractivity contribution in [3.8, 4) is 0 Å². The summed E-state index contributed by atoms with van der Waals surface area (Å²) in [5.41, 5.74) is 3.08. The van der Waals surface area contributed by atoms with E-state index in [1.165, 1.54) is 25.6 Å². The van der Waals surface area contributed by atoms with E-state index in [1.54, 1.807) is 36.7 Å². The minimum absolute atomic E-state index is 0.0253. The van der Waals surface area contributed by atoms with Crippen LogP contribution in [-0.2, 0) is 30.4 Å². The monoisotopic (exact) mass is 523 g/mol. The van der Waals surface area contributed by atoms with E-state index in [-0.39, 0.29) is 18.8 Å². The van der Waals surface area contributed by atoms with Crippen LogP contribution in [-0.4, -0.2) is 44.9 Å². The van der Waals surface area contributed by atoms with Crippen LogP contribution in [0.5, 0.6) is 0 Å². The summed E-state index contributed by atoms with van der Waals surface area (Å²) in [6, 6.07) is 16.6. The van der Waals surface area contributed by atoms with E-state index >= 15 is 0 Å². The summed E-state index contributed by atoms with van der Waals surface area (Å²) < 4.78 is 17.7. The van der Waals surface area contributed by atoms with Gasteiger partial charge in [0.25, 0.3) is 5.91 Å². The minimum Gasteiger partial charge on any atom is -0.453 e. The highest BCUT2D eigenvalue weighted by Gasteiger charge is 2.32. The van der Waals surface area contributed by atoms with Crippen molar-refractivity contribution in [3.63, 3.8) is 0 Å². The number of benzene rings is 2. The fraction of sp³-hybridized carbons (Fsp3) is 0.333. The smallest absolute Gasteiger partial charge is 0.303 e. The number of ether oxygens (including phenoxy) is 3. The second kappa shape index (κ2) is 12.8. The first-order valence-corrected chi connectivity index (χ1v) is 12.9. The molecule has 37 heavy (non-hydrogen) atoms. The molecule has 1 saturated heterocycles. The average Bonchev–Trinajstić information content (AvgIpc) is 2.92. The Morgan fingerprint density at radius 3 is 2.57 bits per heavy atom. The number of aromatic nitrogens is 2. The lowest BCUT2D eigenvalue weighted by Gasteiger charge is -2.36. The zero-order valence-electron chi connectivity index (χ0n) is 20.6. The number of nitrogens with one attached hydrogen (secondary N) is 1. The van der Waals surface area contributed by atoms with Gasteiger partial charge in [-0.15, -0.1) is 0 Å². The summed E-state index contributed by atoms with van der Waals surface area (Å²) in [4.78, 5) is 32.1. The van der Waals surface area contributed by atoms with Crippen LogP contribution in [0.2, 0.25) is 0 Å². The molecule has 9 nitrogen and oxygen atoms in total. The lowest BCUT2D eigenvalue weighted by atomic mass is 10.0. The van der Waals surface area contributed by atoms with Gasteiger partial charge in [-0.1, -0.05) is 48.2 Å². The molecule has 0 spiro atoms. The number of thioether (sulfide) groups is 1. The summed E-state index contributed by atoms with van der Waals surface area (Å²) >= 11 is 1.51. The summed E-state index contributed by atoms with van der Waals surface area (Å²) in [7, 11) is 0. The maximum atomic E-state index is 12.4. The van der Waals surface area contributed by atoms with Gasteiger partial charge >= 0.3 is 5.97 Å². The summed E-state index contributed by atoms with van der Waals surface area (Å²) in [5.74, 6) is -0.328. The van der Waals surface area contributed by atoms with Gasteiger partial charge in [-0.3, -0.25) is 9.59 Å². The normalized spacial score (nSPS) is 20.1. The molecule has 2 heterocycles. The molecule has 2 aromatic carbocycles. The van der Waals surface area contributed by atoms with Gasteiger partial charge in [0.15, 0.2) is 17.6 Å². The van der Waals surface area contributed by atoms with Gasteiger partial charge < -0.3 is 24.6 Å². The lowest BCUT2D eigenvalue weighted by Crippen LogP contribution is -2.31. The van der Waals surface area contributed by atoms with Crippen LogP contribution in [0, 0.1) is 0 Å². The van der Waals surface area contributed by atoms with Crippen molar-refractivity contribution < 1.29 is 28.9 Å². The van der Waals surface area contributed by atoms with E-state index in [0.29, 0.717) is 23.0 Å². The first-order valence-electron chi connectivity index (χ1n) is 11.9. The Bertz CT molecular complexity index is 1190. The molecule has 10 heteroatoms. The largest absolute Gasteiger partial charge is 0.453 e. The molecule has 1 fully saturated rings. The number of anilines is 1. The molecule has 0 aliphatic carbocycles. The van der Waals surface area contributed by atoms with Crippen LogP contribution >= 0.6 is 11.8 Å². The highest BCUT2D eigenvalue weighted by atomic mass is 32.2. The molecule has 1 aliphatic rings. The van der Waals surface area contributed by atoms with Gasteiger partial charge in [0.2, 0.25) is 0 Å². The minimum atomic E-state index is -0.920. The Hall–Kier alpha value is -3.31. The number of rotatable bonds is 9. The van der Waals surface area contributed by atoms with Crippen LogP contribution in [0.3, 0.4) is 0 Å². The third-order valence-corrected chi connectivity index (χ3v) is 6.70. The molecule has 2 N–H and O–H groups in total. The summed E-state index contributed by atoms with van der Waals surface area (Å²) in [6.45, 7) is 2.75. The number of aliphatic hydroxyl groups is 1. The first kappa shape index (κ1) is 26.7. The number of hydrogen-bond donors (Lipinski definition) is 2. The van der Waals surface area contributed by atoms with Crippen molar-refractivity contribution in [2.75, 3.05) is 11.1 Å². The van der Waals surface area contributed by atoms with Crippen molar-refractivity contribution in [3.05, 3.63) is 83.7 Å². The number of nitrogens with zero attached hydrogens (tertiary/aromatic N) is 2.